The molecule has 0 unspecified atom stereocenters. The molecule has 14 heteroatoms. The number of ether oxygens (including phenoxy) is 2. The van der Waals surface area contributed by atoms with Crippen molar-refractivity contribution in [3.63, 3.8) is 0 Å². The van der Waals surface area contributed by atoms with E-state index in [2.05, 4.69) is 10.3 Å². The van der Waals surface area contributed by atoms with Crippen molar-refractivity contribution in [2.75, 3.05) is 23.4 Å². The van der Waals surface area contributed by atoms with Gasteiger partial charge in [-0.25, -0.2) is 4.79 Å². The highest BCUT2D eigenvalue weighted by Crippen LogP contribution is 2.69. The van der Waals surface area contributed by atoms with Crippen LogP contribution in [-0.2, 0) is 19.1 Å². The van der Waals surface area contributed by atoms with Gasteiger partial charge in [-0.3, -0.25) is 24.1 Å². The monoisotopic (exact) mass is 731 g/mol. The number of amides is 3. The quantitative estimate of drug-likeness (QED) is 0.118. The highest BCUT2D eigenvalue weighted by molar-refractivity contribution is 8.00. The molecule has 3 aromatic carbocycles. The maximum atomic E-state index is 14.2. The van der Waals surface area contributed by atoms with E-state index in [0.29, 0.717) is 39.7 Å². The number of imide groups is 1. The number of esters is 1. The molecule has 1 aromatic heterocycles. The van der Waals surface area contributed by atoms with Crippen molar-refractivity contribution in [3.05, 3.63) is 97.4 Å². The molecule has 1 saturated heterocycles. The minimum Gasteiger partial charge on any atom is -0.508 e. The van der Waals surface area contributed by atoms with Crippen molar-refractivity contribution in [3.8, 4) is 11.5 Å². The second kappa shape index (κ2) is 12.6. The van der Waals surface area contributed by atoms with Crippen LogP contribution in [0.15, 0.2) is 76.6 Å². The van der Waals surface area contributed by atoms with Crippen molar-refractivity contribution in [2.24, 2.45) is 29.6 Å². The van der Waals surface area contributed by atoms with E-state index in [-0.39, 0.29) is 64.6 Å². The molecule has 4 aromatic rings. The van der Waals surface area contributed by atoms with E-state index in [9.17, 15) is 29.1 Å². The summed E-state index contributed by atoms with van der Waals surface area (Å²) < 4.78 is 11.2. The van der Waals surface area contributed by atoms with E-state index in [0.717, 1.165) is 21.2 Å². The zero-order valence-electron chi connectivity index (χ0n) is 26.5. The number of fused-ring (bicyclic) bond motifs is 9. The molecular weight excluding hydrogens is 702 g/mol. The number of phenolic OH excluding ortho intramolecular Hbond substituents is 1. The van der Waals surface area contributed by atoms with Gasteiger partial charge in [0.2, 0.25) is 11.8 Å². The number of thioether (sulfide) groups is 1. The summed E-state index contributed by atoms with van der Waals surface area (Å²) in [6, 6.07) is 17.6. The van der Waals surface area contributed by atoms with Crippen LogP contribution in [0.4, 0.5) is 11.4 Å². The molecule has 50 heavy (non-hydrogen) atoms. The Hall–Kier alpha value is -4.59. The van der Waals surface area contributed by atoms with Gasteiger partial charge in [0.1, 0.15) is 11.5 Å². The van der Waals surface area contributed by atoms with Crippen LogP contribution in [0, 0.1) is 29.6 Å². The van der Waals surface area contributed by atoms with E-state index >= 15 is 0 Å². The number of benzene rings is 3. The van der Waals surface area contributed by atoms with Gasteiger partial charge in [0.25, 0.3) is 5.91 Å². The van der Waals surface area contributed by atoms with Crippen molar-refractivity contribution < 1.29 is 33.8 Å². The second-order valence-electron chi connectivity index (χ2n) is 12.8. The molecule has 3 fully saturated rings. The average molecular weight is 732 g/mol. The van der Waals surface area contributed by atoms with Crippen LogP contribution < -0.4 is 19.8 Å². The molecule has 3 heterocycles. The lowest BCUT2D eigenvalue weighted by Gasteiger charge is -2.43. The molecule has 2 aliphatic carbocycles. The highest BCUT2D eigenvalue weighted by Gasteiger charge is 2.70. The summed E-state index contributed by atoms with van der Waals surface area (Å²) in [6.45, 7) is 1.64. The SMILES string of the molecule is CCOC(=O)c1ccc(N2C(=O)[C@H]3[C@H]4C[C@@H]([C@@H]3C2=O)[C@@H]2[C@H](c3cc(Cl)ccc3OCC(=O)Nc3ccc(O)cc3)c3sc(=O)[nH]c3S[C@H]42)cc1. The number of nitrogens with one attached hydrogen (secondary N) is 2. The fraction of sp³-hybridized carbons (Fsp3) is 0.306. The van der Waals surface area contributed by atoms with Crippen molar-refractivity contribution >= 4 is 69.8 Å². The van der Waals surface area contributed by atoms with Gasteiger partial charge in [-0.1, -0.05) is 22.9 Å². The van der Waals surface area contributed by atoms with Crippen LogP contribution in [0.25, 0.3) is 0 Å². The number of aromatic amines is 1. The zero-order valence-corrected chi connectivity index (χ0v) is 28.8. The Balaban J connectivity index is 1.11. The third kappa shape index (κ3) is 5.39. The van der Waals surface area contributed by atoms with Crippen molar-refractivity contribution in [2.45, 2.75) is 29.5 Å². The first-order chi connectivity index (χ1) is 24.1. The predicted molar refractivity (Wildman–Crippen MR) is 187 cm³/mol. The van der Waals surface area contributed by atoms with Gasteiger partial charge in [-0.05, 0) is 97.8 Å². The minimum absolute atomic E-state index is 0.0727. The van der Waals surface area contributed by atoms with Gasteiger partial charge in [0.15, 0.2) is 6.61 Å². The molecule has 3 N–H and O–H groups in total. The first-order valence-electron chi connectivity index (χ1n) is 16.2. The van der Waals surface area contributed by atoms with E-state index in [1.54, 1.807) is 73.3 Å². The number of halogens is 1. The molecule has 7 atom stereocenters. The number of H-pyrrole nitrogens is 1. The summed E-state index contributed by atoms with van der Waals surface area (Å²) in [6.07, 6.45) is 0.687. The van der Waals surface area contributed by atoms with Crippen molar-refractivity contribution in [1.82, 2.24) is 4.98 Å². The molecule has 256 valence electrons. The van der Waals surface area contributed by atoms with E-state index < -0.39 is 23.7 Å². The Labute approximate surface area is 298 Å². The lowest BCUT2D eigenvalue weighted by Crippen LogP contribution is -2.42. The summed E-state index contributed by atoms with van der Waals surface area (Å²) in [5.41, 5.74) is 1.94. The van der Waals surface area contributed by atoms with Crippen LogP contribution in [-0.4, -0.2) is 52.2 Å². The number of hydrogen-bond acceptors (Lipinski definition) is 10. The first kappa shape index (κ1) is 32.6. The number of hydrogen-bond donors (Lipinski definition) is 3. The van der Waals surface area contributed by atoms with Crippen LogP contribution in [0.2, 0.25) is 5.02 Å². The number of aromatic nitrogens is 1. The summed E-state index contributed by atoms with van der Waals surface area (Å²) >= 11 is 9.26. The molecule has 0 radical (unpaired) electrons. The fourth-order valence-electron chi connectivity index (χ4n) is 8.36. The fourth-order valence-corrected chi connectivity index (χ4v) is 11.4. The highest BCUT2D eigenvalue weighted by atomic mass is 35.5. The van der Waals surface area contributed by atoms with Crippen LogP contribution >= 0.6 is 34.7 Å². The number of aromatic hydroxyl groups is 1. The van der Waals surface area contributed by atoms with Gasteiger partial charge >= 0.3 is 10.8 Å². The van der Waals surface area contributed by atoms with Crippen LogP contribution in [0.5, 0.6) is 11.5 Å². The molecule has 2 bridgehead atoms. The number of nitrogens with zero attached hydrogens (tertiary/aromatic N) is 1. The van der Waals surface area contributed by atoms with Gasteiger partial charge < -0.3 is 24.9 Å². The molecule has 3 amide bonds. The van der Waals surface area contributed by atoms with Gasteiger partial charge in [-0.2, -0.15) is 0 Å². The number of phenols is 1. The molecule has 2 aliphatic heterocycles. The Morgan fingerprint density at radius 1 is 1.00 bits per heavy atom. The van der Waals surface area contributed by atoms with Gasteiger partial charge in [0.05, 0.1) is 34.7 Å². The van der Waals surface area contributed by atoms with E-state index in [4.69, 9.17) is 21.1 Å². The summed E-state index contributed by atoms with van der Waals surface area (Å²) in [5.74, 6) is -2.73. The van der Waals surface area contributed by atoms with Crippen molar-refractivity contribution in [1.29, 1.82) is 0 Å². The topological polar surface area (TPSA) is 155 Å². The number of anilines is 2. The summed E-state index contributed by atoms with van der Waals surface area (Å²) in [5, 5.41) is 13.4. The second-order valence-corrected chi connectivity index (χ2v) is 15.4. The van der Waals surface area contributed by atoms with Gasteiger partial charge in [0, 0.05) is 32.3 Å². The smallest absolute Gasteiger partial charge is 0.338 e. The summed E-state index contributed by atoms with van der Waals surface area (Å²) in [4.78, 5) is 70.9. The molecular formula is C36H30ClN3O8S2. The third-order valence-corrected chi connectivity index (χ3v) is 13.0. The molecule has 4 aliphatic rings. The van der Waals surface area contributed by atoms with Crippen LogP contribution in [0.1, 0.15) is 40.1 Å². The molecule has 2 saturated carbocycles. The number of carbonyl (C=O) groups excluding carboxylic acids is 4. The molecule has 8 rings (SSSR count). The Kier molecular flexibility index (Phi) is 8.23. The Morgan fingerprint density at radius 2 is 1.72 bits per heavy atom. The molecule has 11 nitrogen and oxygen atoms in total. The van der Waals surface area contributed by atoms with E-state index in [1.807, 2.05) is 0 Å². The average Bonchev–Trinajstić information content (AvgIpc) is 3.84. The zero-order chi connectivity index (χ0) is 34.8. The third-order valence-electron chi connectivity index (χ3n) is 10.2. The summed E-state index contributed by atoms with van der Waals surface area (Å²) in [7, 11) is 0. The Morgan fingerprint density at radius 3 is 2.44 bits per heavy atom. The maximum absolute atomic E-state index is 14.2. The number of rotatable bonds is 8. The minimum atomic E-state index is -0.543. The van der Waals surface area contributed by atoms with Crippen LogP contribution in [0.3, 0.4) is 0 Å². The lowest BCUT2D eigenvalue weighted by atomic mass is 9.68. The first-order valence-corrected chi connectivity index (χ1v) is 18.3. The standard InChI is InChI=1S/C36H30ClN3O8S2/c1-2-47-35(45)16-3-8-19(9-4-16)40-33(43)28-22-14-23(29(28)34(40)44)30-27(22)26(31-32(49-30)39-36(46)50-31)21-13-17(37)5-12-24(21)48-15-25(42)38-18-6-10-20(41)11-7-18/h3-13,22-23,26-30,41H,2,14-15H2,1H3,(H,38,42)(H,39,46)/t22-,23-,26+,27-,28+,29+,30-/m1/s1. The normalized spacial score (nSPS) is 26.0. The number of carbonyl (C=O) groups is 4. The number of thiazole rings is 1. The maximum Gasteiger partial charge on any atom is 0.338 e. The van der Waals surface area contributed by atoms with Gasteiger partial charge in [-0.15, -0.1) is 11.8 Å². The largest absolute Gasteiger partial charge is 0.508 e. The predicted octanol–water partition coefficient (Wildman–Crippen LogP) is 5.67. The van der Waals surface area contributed by atoms with E-state index in [1.165, 1.54) is 17.0 Å². The Bertz CT molecular complexity index is 2100. The molecule has 0 spiro atoms. The lowest BCUT2D eigenvalue weighted by molar-refractivity contribution is -0.123.